The van der Waals surface area contributed by atoms with E-state index in [9.17, 15) is 4.79 Å². The smallest absolute Gasteiger partial charge is 0.303 e. The predicted octanol–water partition coefficient (Wildman–Crippen LogP) is 1.12. The van der Waals surface area contributed by atoms with E-state index in [1.807, 2.05) is 16.9 Å². The maximum Gasteiger partial charge on any atom is 0.303 e. The highest BCUT2D eigenvalue weighted by Gasteiger charge is 1.96. The third-order valence-corrected chi connectivity index (χ3v) is 2.29. The number of unbranched alkanes of at least 4 members (excludes halogenated alkanes) is 1. The van der Waals surface area contributed by atoms with Gasteiger partial charge < -0.3 is 10.4 Å². The van der Waals surface area contributed by atoms with E-state index in [0.29, 0.717) is 0 Å². The summed E-state index contributed by atoms with van der Waals surface area (Å²) in [5.74, 6) is -0.710. The van der Waals surface area contributed by atoms with E-state index in [2.05, 4.69) is 10.4 Å². The number of hydrogen-bond donors (Lipinski definition) is 2. The molecule has 5 heteroatoms. The fourth-order valence-electron chi connectivity index (χ4n) is 1.45. The fourth-order valence-corrected chi connectivity index (χ4v) is 1.45. The van der Waals surface area contributed by atoms with Crippen LogP contribution in [-0.2, 0) is 11.3 Å². The highest BCUT2D eigenvalue weighted by molar-refractivity contribution is 5.66. The SMILES string of the molecule is O=C(O)CCCCNCCCn1cccn1. The summed E-state index contributed by atoms with van der Waals surface area (Å²) < 4.78 is 1.91. The number of carbonyl (C=O) groups is 1. The molecular weight excluding hydrogens is 206 g/mol. The lowest BCUT2D eigenvalue weighted by Gasteiger charge is -2.04. The number of carboxylic acids is 1. The summed E-state index contributed by atoms with van der Waals surface area (Å²) in [5.41, 5.74) is 0. The summed E-state index contributed by atoms with van der Waals surface area (Å²) in [4.78, 5) is 10.2. The van der Waals surface area contributed by atoms with E-state index in [1.54, 1.807) is 6.20 Å². The van der Waals surface area contributed by atoms with E-state index >= 15 is 0 Å². The number of carboxylic acid groups (broad SMARTS) is 1. The molecule has 5 nitrogen and oxygen atoms in total. The van der Waals surface area contributed by atoms with Gasteiger partial charge in [-0.3, -0.25) is 9.48 Å². The summed E-state index contributed by atoms with van der Waals surface area (Å²) in [5, 5.41) is 15.8. The molecule has 16 heavy (non-hydrogen) atoms. The van der Waals surface area contributed by atoms with Crippen molar-refractivity contribution in [2.45, 2.75) is 32.2 Å². The minimum Gasteiger partial charge on any atom is -0.481 e. The molecule has 0 unspecified atom stereocenters. The zero-order valence-electron chi connectivity index (χ0n) is 9.43. The first kappa shape index (κ1) is 12.7. The Morgan fingerprint density at radius 2 is 2.12 bits per heavy atom. The van der Waals surface area contributed by atoms with Gasteiger partial charge in [-0.25, -0.2) is 0 Å². The number of aliphatic carboxylic acids is 1. The number of aromatic nitrogens is 2. The molecule has 0 spiro atoms. The highest BCUT2D eigenvalue weighted by atomic mass is 16.4. The van der Waals surface area contributed by atoms with Crippen molar-refractivity contribution < 1.29 is 9.90 Å². The average molecular weight is 225 g/mol. The lowest BCUT2D eigenvalue weighted by Crippen LogP contribution is -2.18. The minimum atomic E-state index is -0.710. The van der Waals surface area contributed by atoms with Crippen molar-refractivity contribution in [3.05, 3.63) is 18.5 Å². The lowest BCUT2D eigenvalue weighted by molar-refractivity contribution is -0.137. The molecule has 0 fully saturated rings. The third-order valence-electron chi connectivity index (χ3n) is 2.29. The maximum absolute atomic E-state index is 10.2. The normalized spacial score (nSPS) is 10.5. The summed E-state index contributed by atoms with van der Waals surface area (Å²) in [6, 6.07) is 1.92. The lowest BCUT2D eigenvalue weighted by atomic mass is 10.2. The van der Waals surface area contributed by atoms with Crippen molar-refractivity contribution in [3.63, 3.8) is 0 Å². The molecule has 0 atom stereocenters. The summed E-state index contributed by atoms with van der Waals surface area (Å²) in [7, 11) is 0. The average Bonchev–Trinajstić information content (AvgIpc) is 2.74. The Hall–Kier alpha value is -1.36. The van der Waals surface area contributed by atoms with Gasteiger partial charge in [-0.2, -0.15) is 5.10 Å². The number of aryl methyl sites for hydroxylation is 1. The Morgan fingerprint density at radius 3 is 2.81 bits per heavy atom. The van der Waals surface area contributed by atoms with Crippen molar-refractivity contribution in [1.82, 2.24) is 15.1 Å². The Balaban J connectivity index is 1.83. The van der Waals surface area contributed by atoms with Gasteiger partial charge >= 0.3 is 5.97 Å². The molecule has 90 valence electrons. The molecule has 0 aliphatic heterocycles. The van der Waals surface area contributed by atoms with Crippen LogP contribution in [0.2, 0.25) is 0 Å². The molecule has 0 saturated heterocycles. The molecule has 0 aromatic carbocycles. The molecule has 0 saturated carbocycles. The summed E-state index contributed by atoms with van der Waals surface area (Å²) >= 11 is 0. The van der Waals surface area contributed by atoms with Crippen LogP contribution in [0, 0.1) is 0 Å². The van der Waals surface area contributed by atoms with E-state index in [-0.39, 0.29) is 6.42 Å². The van der Waals surface area contributed by atoms with E-state index in [0.717, 1.165) is 38.9 Å². The molecule has 0 radical (unpaired) electrons. The number of nitrogens with zero attached hydrogens (tertiary/aromatic N) is 2. The van der Waals surface area contributed by atoms with Crippen molar-refractivity contribution in [3.8, 4) is 0 Å². The number of hydrogen-bond acceptors (Lipinski definition) is 3. The van der Waals surface area contributed by atoms with Crippen LogP contribution >= 0.6 is 0 Å². The second kappa shape index (κ2) is 7.87. The second-order valence-corrected chi connectivity index (χ2v) is 3.72. The van der Waals surface area contributed by atoms with E-state index in [1.165, 1.54) is 0 Å². The van der Waals surface area contributed by atoms with Crippen LogP contribution < -0.4 is 5.32 Å². The van der Waals surface area contributed by atoms with Crippen molar-refractivity contribution in [2.75, 3.05) is 13.1 Å². The van der Waals surface area contributed by atoms with Crippen molar-refractivity contribution in [2.24, 2.45) is 0 Å². The number of rotatable bonds is 9. The van der Waals surface area contributed by atoms with Gasteiger partial charge in [0.15, 0.2) is 0 Å². The first-order chi connectivity index (χ1) is 7.79. The van der Waals surface area contributed by atoms with Crippen LogP contribution in [0.1, 0.15) is 25.7 Å². The first-order valence-electron chi connectivity index (χ1n) is 5.69. The van der Waals surface area contributed by atoms with Gasteiger partial charge in [0.1, 0.15) is 0 Å². The summed E-state index contributed by atoms with van der Waals surface area (Å²) in [6.45, 7) is 2.77. The van der Waals surface area contributed by atoms with Crippen LogP contribution in [0.5, 0.6) is 0 Å². The van der Waals surface area contributed by atoms with Gasteiger partial charge in [-0.05, 0) is 38.4 Å². The summed E-state index contributed by atoms with van der Waals surface area (Å²) in [6.07, 6.45) is 6.72. The molecule has 0 aliphatic carbocycles. The standard InChI is InChI=1S/C11H19N3O2/c15-11(16)5-1-2-6-12-7-3-9-14-10-4-8-13-14/h4,8,10,12H,1-3,5-7,9H2,(H,15,16). The van der Waals surface area contributed by atoms with Crippen molar-refractivity contribution >= 4 is 5.97 Å². The zero-order chi connectivity index (χ0) is 11.6. The molecule has 1 rings (SSSR count). The van der Waals surface area contributed by atoms with Gasteiger partial charge in [-0.15, -0.1) is 0 Å². The minimum absolute atomic E-state index is 0.273. The van der Waals surface area contributed by atoms with Gasteiger partial charge in [0.05, 0.1) is 0 Å². The zero-order valence-corrected chi connectivity index (χ0v) is 9.43. The van der Waals surface area contributed by atoms with Gasteiger partial charge in [-0.1, -0.05) is 0 Å². The fraction of sp³-hybridized carbons (Fsp3) is 0.636. The monoisotopic (exact) mass is 225 g/mol. The van der Waals surface area contributed by atoms with Crippen LogP contribution in [-0.4, -0.2) is 33.9 Å². The van der Waals surface area contributed by atoms with Crippen LogP contribution in [0.15, 0.2) is 18.5 Å². The second-order valence-electron chi connectivity index (χ2n) is 3.72. The number of nitrogens with one attached hydrogen (secondary N) is 1. The molecule has 1 heterocycles. The van der Waals surface area contributed by atoms with Gasteiger partial charge in [0.2, 0.25) is 0 Å². The first-order valence-corrected chi connectivity index (χ1v) is 5.69. The molecule has 2 N–H and O–H groups in total. The molecule has 0 bridgehead atoms. The molecular formula is C11H19N3O2. The topological polar surface area (TPSA) is 67.2 Å². The highest BCUT2D eigenvalue weighted by Crippen LogP contribution is 1.93. The quantitative estimate of drug-likeness (QED) is 0.618. The molecule has 1 aromatic rings. The van der Waals surface area contributed by atoms with Crippen LogP contribution in [0.4, 0.5) is 0 Å². The third kappa shape index (κ3) is 6.19. The molecule has 0 amide bonds. The van der Waals surface area contributed by atoms with Crippen LogP contribution in [0.25, 0.3) is 0 Å². The molecule has 0 aliphatic rings. The Morgan fingerprint density at radius 1 is 1.31 bits per heavy atom. The Bertz CT molecular complexity index is 285. The van der Waals surface area contributed by atoms with E-state index in [4.69, 9.17) is 5.11 Å². The van der Waals surface area contributed by atoms with E-state index < -0.39 is 5.97 Å². The van der Waals surface area contributed by atoms with Gasteiger partial charge in [0, 0.05) is 25.4 Å². The Kier molecular flexibility index (Phi) is 6.25. The molecule has 1 aromatic heterocycles. The predicted molar refractivity (Wildman–Crippen MR) is 61.2 cm³/mol. The van der Waals surface area contributed by atoms with Crippen LogP contribution in [0.3, 0.4) is 0 Å². The maximum atomic E-state index is 10.2. The Labute approximate surface area is 95.5 Å². The van der Waals surface area contributed by atoms with Crippen molar-refractivity contribution in [1.29, 1.82) is 0 Å². The van der Waals surface area contributed by atoms with Gasteiger partial charge in [0.25, 0.3) is 0 Å². The largest absolute Gasteiger partial charge is 0.481 e.